The van der Waals surface area contributed by atoms with Gasteiger partial charge in [0.2, 0.25) is 10.0 Å². The number of rotatable bonds is 5. The lowest BCUT2D eigenvalue weighted by molar-refractivity contribution is -0.139. The van der Waals surface area contributed by atoms with Crippen LogP contribution in [0.1, 0.15) is 11.5 Å². The number of sulfonamides is 1. The van der Waals surface area contributed by atoms with E-state index in [1.54, 1.807) is 30.3 Å². The third kappa shape index (κ3) is 4.30. The highest BCUT2D eigenvalue weighted by atomic mass is 32.2. The molecule has 0 amide bonds. The zero-order valence-corrected chi connectivity index (χ0v) is 18.5. The molecule has 1 unspecified atom stereocenters. The van der Waals surface area contributed by atoms with Crippen molar-refractivity contribution in [2.24, 2.45) is 10.9 Å². The average Bonchev–Trinajstić information content (AvgIpc) is 2.82. The molecule has 11 heteroatoms. The third-order valence-electron chi connectivity index (χ3n) is 5.03. The van der Waals surface area contributed by atoms with E-state index in [9.17, 15) is 23.3 Å². The number of nitriles is 1. The summed E-state index contributed by atoms with van der Waals surface area (Å²) in [6.07, 6.45) is 0. The van der Waals surface area contributed by atoms with E-state index < -0.39 is 27.9 Å². The van der Waals surface area contributed by atoms with Gasteiger partial charge in [0.1, 0.15) is 11.5 Å². The first-order valence-corrected chi connectivity index (χ1v) is 11.0. The molecule has 0 aliphatic carbocycles. The molecule has 0 saturated heterocycles. The van der Waals surface area contributed by atoms with Crippen LogP contribution in [0.2, 0.25) is 0 Å². The molecule has 10 nitrogen and oxygen atoms in total. The van der Waals surface area contributed by atoms with E-state index in [4.69, 9.17) is 20.3 Å². The molecule has 1 aliphatic rings. The number of esters is 2. The Morgan fingerprint density at radius 1 is 1.00 bits per heavy atom. The van der Waals surface area contributed by atoms with E-state index in [-0.39, 0.29) is 33.2 Å². The van der Waals surface area contributed by atoms with Gasteiger partial charge < -0.3 is 15.2 Å². The number of ether oxygens (including phenoxy) is 2. The Morgan fingerprint density at radius 2 is 1.58 bits per heavy atom. The molecule has 0 spiro atoms. The van der Waals surface area contributed by atoms with Crippen LogP contribution < -0.4 is 15.8 Å². The Labute approximate surface area is 190 Å². The second-order valence-corrected chi connectivity index (χ2v) is 8.44. The molecule has 1 atom stereocenters. The lowest BCUT2D eigenvalue weighted by Gasteiger charge is -2.35. The third-order valence-corrected chi connectivity index (χ3v) is 5.96. The smallest absolute Gasteiger partial charge is 0.355 e. The molecule has 2 aromatic rings. The monoisotopic (exact) mass is 468 g/mol. The highest BCUT2D eigenvalue weighted by Crippen LogP contribution is 2.43. The van der Waals surface area contributed by atoms with E-state index in [0.717, 1.165) is 19.1 Å². The summed E-state index contributed by atoms with van der Waals surface area (Å²) in [7, 11) is -1.71. The fourth-order valence-electron chi connectivity index (χ4n) is 3.57. The van der Waals surface area contributed by atoms with E-state index in [1.165, 1.54) is 24.3 Å². The van der Waals surface area contributed by atoms with Crippen LogP contribution in [0.3, 0.4) is 0 Å². The normalized spacial score (nSPS) is 16.3. The van der Waals surface area contributed by atoms with Gasteiger partial charge >= 0.3 is 11.9 Å². The van der Waals surface area contributed by atoms with Crippen LogP contribution in [0.25, 0.3) is 0 Å². The van der Waals surface area contributed by atoms with Crippen LogP contribution in [0, 0.1) is 11.3 Å². The summed E-state index contributed by atoms with van der Waals surface area (Å²) in [5.74, 6) is -2.91. The molecule has 4 N–H and O–H groups in total. The van der Waals surface area contributed by atoms with Crippen molar-refractivity contribution in [2.75, 3.05) is 19.1 Å². The topological polar surface area (TPSA) is 166 Å². The first-order valence-electron chi connectivity index (χ1n) is 9.44. The van der Waals surface area contributed by atoms with Crippen molar-refractivity contribution in [3.63, 3.8) is 0 Å². The zero-order valence-electron chi connectivity index (χ0n) is 17.7. The first-order chi connectivity index (χ1) is 15.6. The maximum absolute atomic E-state index is 12.9. The second kappa shape index (κ2) is 9.15. The Morgan fingerprint density at radius 3 is 2.06 bits per heavy atom. The summed E-state index contributed by atoms with van der Waals surface area (Å²) in [6.45, 7) is 0. The predicted octanol–water partition coefficient (Wildman–Crippen LogP) is 1.23. The summed E-state index contributed by atoms with van der Waals surface area (Å²) < 4.78 is 33.1. The molecule has 33 heavy (non-hydrogen) atoms. The Bertz CT molecular complexity index is 1310. The number of benzene rings is 2. The van der Waals surface area contributed by atoms with Crippen LogP contribution in [0.15, 0.2) is 82.2 Å². The van der Waals surface area contributed by atoms with Gasteiger partial charge in [-0.3, -0.25) is 4.90 Å². The van der Waals surface area contributed by atoms with E-state index in [0.29, 0.717) is 5.56 Å². The number of hydrogen-bond donors (Lipinski definition) is 2. The van der Waals surface area contributed by atoms with Crippen molar-refractivity contribution in [2.45, 2.75) is 10.8 Å². The van der Waals surface area contributed by atoms with E-state index >= 15 is 0 Å². The molecule has 0 aromatic heterocycles. The first kappa shape index (κ1) is 23.5. The number of anilines is 1. The number of nitrogens with two attached hydrogens (primary N) is 2. The maximum atomic E-state index is 12.9. The minimum Gasteiger partial charge on any atom is -0.466 e. The minimum absolute atomic E-state index is 0.00947. The molecule has 0 radical (unpaired) electrons. The molecule has 3 rings (SSSR count). The van der Waals surface area contributed by atoms with Gasteiger partial charge in [-0.25, -0.2) is 23.1 Å². The SMILES string of the molecule is COC(=O)C1=C(C(=O)OC)N(c2ccc(S(N)(=O)=O)cc2)C(N)=C(C#N)C1c1ccccc1. The van der Waals surface area contributed by atoms with E-state index in [1.807, 2.05) is 6.07 Å². The standard InChI is InChI=1S/C22H20N4O6S/c1-31-21(27)18-17(13-6-4-3-5-7-13)16(12-23)20(24)26(19(18)22(28)32-2)14-8-10-15(11-9-14)33(25,29)30/h3-11,17H,24H2,1-2H3,(H2,25,29,30). The van der Waals surface area contributed by atoms with Gasteiger partial charge in [-0.2, -0.15) is 5.26 Å². The summed E-state index contributed by atoms with van der Waals surface area (Å²) in [5, 5.41) is 15.1. The number of primary sulfonamides is 1. The van der Waals surface area contributed by atoms with Crippen LogP contribution in [-0.2, 0) is 29.1 Å². The maximum Gasteiger partial charge on any atom is 0.355 e. The van der Waals surface area contributed by atoms with Gasteiger partial charge in [-0.05, 0) is 29.8 Å². The highest BCUT2D eigenvalue weighted by molar-refractivity contribution is 7.89. The van der Waals surface area contributed by atoms with Crippen molar-refractivity contribution in [1.29, 1.82) is 5.26 Å². The number of nitrogens with zero attached hydrogens (tertiary/aromatic N) is 2. The van der Waals surface area contributed by atoms with Gasteiger partial charge in [-0.15, -0.1) is 0 Å². The largest absolute Gasteiger partial charge is 0.466 e. The van der Waals surface area contributed by atoms with Crippen molar-refractivity contribution in [3.8, 4) is 6.07 Å². The van der Waals surface area contributed by atoms with Crippen LogP contribution in [-0.4, -0.2) is 34.6 Å². The number of hydrogen-bond acceptors (Lipinski definition) is 9. The molecule has 2 aromatic carbocycles. The molecule has 1 heterocycles. The predicted molar refractivity (Wildman–Crippen MR) is 117 cm³/mol. The quantitative estimate of drug-likeness (QED) is 0.614. The van der Waals surface area contributed by atoms with Crippen molar-refractivity contribution >= 4 is 27.6 Å². The molecule has 170 valence electrons. The van der Waals surface area contributed by atoms with E-state index in [2.05, 4.69) is 0 Å². The molecular formula is C22H20N4O6S. The minimum atomic E-state index is -3.98. The average molecular weight is 468 g/mol. The fourth-order valence-corrected chi connectivity index (χ4v) is 4.08. The summed E-state index contributed by atoms with van der Waals surface area (Å²) in [5.41, 5.74) is 6.65. The molecule has 0 bridgehead atoms. The van der Waals surface area contributed by atoms with Gasteiger partial charge in [0, 0.05) is 5.69 Å². The Balaban J connectivity index is 2.37. The summed E-state index contributed by atoms with van der Waals surface area (Å²) in [4.78, 5) is 26.8. The fraction of sp³-hybridized carbons (Fsp3) is 0.136. The van der Waals surface area contributed by atoms with Crippen LogP contribution in [0.4, 0.5) is 5.69 Å². The molecule has 1 aliphatic heterocycles. The summed E-state index contributed by atoms with van der Waals surface area (Å²) >= 11 is 0. The van der Waals surface area contributed by atoms with Gasteiger partial charge in [0.15, 0.2) is 0 Å². The molecule has 0 saturated carbocycles. The van der Waals surface area contributed by atoms with Crippen LogP contribution in [0.5, 0.6) is 0 Å². The lowest BCUT2D eigenvalue weighted by Crippen LogP contribution is -2.40. The highest BCUT2D eigenvalue weighted by Gasteiger charge is 2.42. The second-order valence-electron chi connectivity index (χ2n) is 6.87. The van der Waals surface area contributed by atoms with Gasteiger partial charge in [0.05, 0.1) is 42.2 Å². The number of methoxy groups -OCH3 is 2. The Kier molecular flexibility index (Phi) is 6.52. The number of carbonyl (C=O) groups is 2. The number of allylic oxidation sites excluding steroid dienone is 1. The lowest BCUT2D eigenvalue weighted by atomic mass is 9.81. The Hall–Kier alpha value is -4.14. The molecule has 0 fully saturated rings. The van der Waals surface area contributed by atoms with Gasteiger partial charge in [-0.1, -0.05) is 30.3 Å². The van der Waals surface area contributed by atoms with Crippen molar-refractivity contribution in [3.05, 3.63) is 82.8 Å². The van der Waals surface area contributed by atoms with Gasteiger partial charge in [0.25, 0.3) is 0 Å². The van der Waals surface area contributed by atoms with Crippen molar-refractivity contribution in [1.82, 2.24) is 0 Å². The van der Waals surface area contributed by atoms with Crippen molar-refractivity contribution < 1.29 is 27.5 Å². The summed E-state index contributed by atoms with van der Waals surface area (Å²) in [6, 6.07) is 15.7. The number of carbonyl (C=O) groups excluding carboxylic acids is 2. The molecular weight excluding hydrogens is 448 g/mol. The zero-order chi connectivity index (χ0) is 24.3. The van der Waals surface area contributed by atoms with Crippen LogP contribution >= 0.6 is 0 Å².